The van der Waals surface area contributed by atoms with Crippen LogP contribution in [0.15, 0.2) is 34.2 Å². The first kappa shape index (κ1) is 23.6. The Kier molecular flexibility index (Phi) is 11.6. The summed E-state index contributed by atoms with van der Waals surface area (Å²) in [5.41, 5.74) is 1.61. The van der Waals surface area contributed by atoms with Crippen molar-refractivity contribution in [2.24, 2.45) is 10.4 Å². The first-order valence-electron chi connectivity index (χ1n) is 9.35. The molecule has 148 valence electrons. The fourth-order valence-corrected chi connectivity index (χ4v) is 3.88. The second kappa shape index (κ2) is 12.8. The molecule has 0 aromatic heterocycles. The Morgan fingerprint density at radius 3 is 2.46 bits per heavy atom. The van der Waals surface area contributed by atoms with Crippen molar-refractivity contribution in [2.75, 3.05) is 33.1 Å². The predicted molar refractivity (Wildman–Crippen MR) is 124 cm³/mol. The van der Waals surface area contributed by atoms with Gasteiger partial charge in [-0.2, -0.15) is 0 Å². The molecule has 1 aromatic carbocycles. The molecule has 1 aliphatic rings. The normalized spacial score (nSPS) is 16.2. The van der Waals surface area contributed by atoms with Crippen molar-refractivity contribution < 1.29 is 4.74 Å². The van der Waals surface area contributed by atoms with E-state index in [2.05, 4.69) is 48.1 Å². The van der Waals surface area contributed by atoms with Crippen molar-refractivity contribution in [1.29, 1.82) is 0 Å². The minimum Gasteiger partial charge on any atom is -0.385 e. The first-order chi connectivity index (χ1) is 12.2. The van der Waals surface area contributed by atoms with Gasteiger partial charge in [0.1, 0.15) is 0 Å². The number of benzene rings is 1. The highest BCUT2D eigenvalue weighted by Crippen LogP contribution is 2.40. The maximum atomic E-state index is 5.33. The summed E-state index contributed by atoms with van der Waals surface area (Å²) in [5, 5.41) is 6.96. The standard InChI is InChI=1S/C20H33N3OS.HI/c1-4-21-19(22-15-17-7-9-18(25-3)10-8-17)23-16-20(13-14-24-2)11-5-6-12-20;/h7-10H,4-6,11-16H2,1-3H3,(H2,21,22,23);1H. The van der Waals surface area contributed by atoms with Gasteiger partial charge in [-0.3, -0.25) is 0 Å². The predicted octanol–water partition coefficient (Wildman–Crippen LogP) is 4.68. The van der Waals surface area contributed by atoms with Gasteiger partial charge in [-0.25, -0.2) is 4.99 Å². The Morgan fingerprint density at radius 1 is 1.19 bits per heavy atom. The number of aliphatic imine (C=N–C) groups is 1. The fourth-order valence-electron chi connectivity index (χ4n) is 3.47. The zero-order chi connectivity index (χ0) is 18.0. The molecule has 0 unspecified atom stereocenters. The van der Waals surface area contributed by atoms with Gasteiger partial charge in [0, 0.05) is 31.7 Å². The smallest absolute Gasteiger partial charge is 0.191 e. The van der Waals surface area contributed by atoms with Crippen LogP contribution in [-0.2, 0) is 11.3 Å². The molecule has 0 spiro atoms. The maximum Gasteiger partial charge on any atom is 0.191 e. The molecule has 0 heterocycles. The van der Waals surface area contributed by atoms with Crippen LogP contribution in [0.25, 0.3) is 0 Å². The molecule has 1 aromatic rings. The van der Waals surface area contributed by atoms with E-state index in [-0.39, 0.29) is 24.0 Å². The van der Waals surface area contributed by atoms with Crippen LogP contribution in [0, 0.1) is 5.41 Å². The van der Waals surface area contributed by atoms with Gasteiger partial charge in [0.15, 0.2) is 5.96 Å². The molecule has 26 heavy (non-hydrogen) atoms. The van der Waals surface area contributed by atoms with Crippen molar-refractivity contribution in [3.63, 3.8) is 0 Å². The topological polar surface area (TPSA) is 45.7 Å². The molecule has 2 rings (SSSR count). The van der Waals surface area contributed by atoms with Crippen molar-refractivity contribution in [3.05, 3.63) is 29.8 Å². The third-order valence-corrected chi connectivity index (χ3v) is 5.80. The van der Waals surface area contributed by atoms with Crippen LogP contribution in [0.4, 0.5) is 0 Å². The lowest BCUT2D eigenvalue weighted by Crippen LogP contribution is -2.43. The summed E-state index contributed by atoms with van der Waals surface area (Å²) >= 11 is 1.77. The monoisotopic (exact) mass is 491 g/mol. The average molecular weight is 491 g/mol. The summed E-state index contributed by atoms with van der Waals surface area (Å²) in [7, 11) is 1.80. The zero-order valence-electron chi connectivity index (χ0n) is 16.3. The number of hydrogen-bond acceptors (Lipinski definition) is 3. The van der Waals surface area contributed by atoms with Crippen molar-refractivity contribution in [2.45, 2.75) is 50.5 Å². The molecular weight excluding hydrogens is 457 g/mol. The minimum atomic E-state index is 0. The van der Waals surface area contributed by atoms with Crippen LogP contribution in [0.3, 0.4) is 0 Å². The number of nitrogens with zero attached hydrogens (tertiary/aromatic N) is 1. The van der Waals surface area contributed by atoms with Crippen LogP contribution in [-0.4, -0.2) is 39.0 Å². The van der Waals surface area contributed by atoms with Gasteiger partial charge in [0.05, 0.1) is 6.54 Å². The first-order valence-corrected chi connectivity index (χ1v) is 10.6. The third kappa shape index (κ3) is 7.64. The molecule has 4 nitrogen and oxygen atoms in total. The molecule has 0 atom stereocenters. The molecule has 1 saturated carbocycles. The molecule has 6 heteroatoms. The molecular formula is C20H34IN3OS. The quantitative estimate of drug-likeness (QED) is 0.228. The Balaban J connectivity index is 0.00000338. The van der Waals surface area contributed by atoms with Gasteiger partial charge in [0.2, 0.25) is 0 Å². The van der Waals surface area contributed by atoms with E-state index < -0.39 is 0 Å². The fraction of sp³-hybridized carbons (Fsp3) is 0.650. The number of methoxy groups -OCH3 is 1. The Hall–Kier alpha value is -0.470. The average Bonchev–Trinajstić information content (AvgIpc) is 3.12. The van der Waals surface area contributed by atoms with E-state index in [0.29, 0.717) is 12.0 Å². The van der Waals surface area contributed by atoms with Crippen LogP contribution < -0.4 is 10.6 Å². The Morgan fingerprint density at radius 2 is 1.88 bits per heavy atom. The highest BCUT2D eigenvalue weighted by molar-refractivity contribution is 14.0. The number of hydrogen-bond donors (Lipinski definition) is 2. The number of rotatable bonds is 9. The summed E-state index contributed by atoms with van der Waals surface area (Å²) in [6.07, 6.45) is 8.48. The van der Waals surface area contributed by atoms with Crippen molar-refractivity contribution in [3.8, 4) is 0 Å². The van der Waals surface area contributed by atoms with Crippen LogP contribution in [0.5, 0.6) is 0 Å². The van der Waals surface area contributed by atoms with E-state index in [4.69, 9.17) is 9.73 Å². The van der Waals surface area contributed by atoms with E-state index in [1.807, 2.05) is 0 Å². The second-order valence-electron chi connectivity index (χ2n) is 6.85. The molecule has 1 fully saturated rings. The van der Waals surface area contributed by atoms with Gasteiger partial charge in [-0.15, -0.1) is 35.7 Å². The van der Waals surface area contributed by atoms with Crippen molar-refractivity contribution in [1.82, 2.24) is 10.6 Å². The lowest BCUT2D eigenvalue weighted by atomic mass is 9.83. The third-order valence-electron chi connectivity index (χ3n) is 5.05. The lowest BCUT2D eigenvalue weighted by Gasteiger charge is -2.30. The molecule has 0 radical (unpaired) electrons. The highest BCUT2D eigenvalue weighted by atomic mass is 127. The molecule has 0 aliphatic heterocycles. The highest BCUT2D eigenvalue weighted by Gasteiger charge is 2.33. The van der Waals surface area contributed by atoms with E-state index >= 15 is 0 Å². The second-order valence-corrected chi connectivity index (χ2v) is 7.73. The molecule has 0 amide bonds. The van der Waals surface area contributed by atoms with Crippen LogP contribution in [0.1, 0.15) is 44.6 Å². The summed E-state index contributed by atoms with van der Waals surface area (Å²) in [6, 6.07) is 8.65. The number of ether oxygens (including phenoxy) is 1. The van der Waals surface area contributed by atoms with Crippen LogP contribution in [0.2, 0.25) is 0 Å². The SMILES string of the molecule is CCNC(=NCc1ccc(SC)cc1)NCC1(CCOC)CCCC1.I. The maximum absolute atomic E-state index is 5.33. The molecule has 2 N–H and O–H groups in total. The van der Waals surface area contributed by atoms with E-state index in [1.165, 1.54) is 36.1 Å². The van der Waals surface area contributed by atoms with Gasteiger partial charge >= 0.3 is 0 Å². The molecule has 0 bridgehead atoms. The van der Waals surface area contributed by atoms with Crippen LogP contribution >= 0.6 is 35.7 Å². The van der Waals surface area contributed by atoms with Gasteiger partial charge in [-0.1, -0.05) is 25.0 Å². The largest absolute Gasteiger partial charge is 0.385 e. The lowest BCUT2D eigenvalue weighted by molar-refractivity contribution is 0.138. The number of nitrogens with one attached hydrogen (secondary N) is 2. The summed E-state index contributed by atoms with van der Waals surface area (Å²) in [5.74, 6) is 0.917. The number of thioether (sulfide) groups is 1. The number of guanidine groups is 1. The van der Waals surface area contributed by atoms with E-state index in [9.17, 15) is 0 Å². The van der Waals surface area contributed by atoms with Gasteiger partial charge < -0.3 is 15.4 Å². The zero-order valence-corrected chi connectivity index (χ0v) is 19.5. The van der Waals surface area contributed by atoms with E-state index in [0.717, 1.165) is 32.1 Å². The van der Waals surface area contributed by atoms with Crippen molar-refractivity contribution >= 4 is 41.7 Å². The van der Waals surface area contributed by atoms with E-state index in [1.54, 1.807) is 18.9 Å². The summed E-state index contributed by atoms with van der Waals surface area (Å²) in [4.78, 5) is 6.06. The minimum absolute atomic E-state index is 0. The Bertz CT molecular complexity index is 530. The molecule has 0 saturated heterocycles. The van der Waals surface area contributed by atoms with Gasteiger partial charge in [0.25, 0.3) is 0 Å². The summed E-state index contributed by atoms with van der Waals surface area (Å²) in [6.45, 7) is 5.52. The molecule has 1 aliphatic carbocycles. The number of halogens is 1. The summed E-state index contributed by atoms with van der Waals surface area (Å²) < 4.78 is 5.33. The Labute approximate surface area is 180 Å². The van der Waals surface area contributed by atoms with Gasteiger partial charge in [-0.05, 0) is 55.6 Å².